The zero-order chi connectivity index (χ0) is 25.3. The molecular formula is C34H42P2. The summed E-state index contributed by atoms with van der Waals surface area (Å²) < 4.78 is 0. The maximum Gasteiger partial charge on any atom is -0.0195 e. The van der Waals surface area contributed by atoms with Crippen LogP contribution < -0.4 is 15.9 Å². The minimum absolute atomic E-state index is 0.239. The van der Waals surface area contributed by atoms with E-state index in [0.29, 0.717) is 0 Å². The predicted octanol–water partition coefficient (Wildman–Crippen LogP) is 9.30. The summed E-state index contributed by atoms with van der Waals surface area (Å²) >= 11 is 0. The minimum Gasteiger partial charge on any atom is -0.0990 e. The summed E-state index contributed by atoms with van der Waals surface area (Å²) in [6.45, 7) is 6.06. The zero-order valence-corrected chi connectivity index (χ0v) is 23.7. The third-order valence-corrected chi connectivity index (χ3v) is 11.6. The van der Waals surface area contributed by atoms with Gasteiger partial charge in [-0.25, -0.2) is 0 Å². The Morgan fingerprint density at radius 3 is 1.53 bits per heavy atom. The van der Waals surface area contributed by atoms with Crippen molar-refractivity contribution in [2.75, 3.05) is 12.3 Å². The second-order valence-electron chi connectivity index (χ2n) is 9.11. The van der Waals surface area contributed by atoms with Crippen molar-refractivity contribution in [3.63, 3.8) is 0 Å². The summed E-state index contributed by atoms with van der Waals surface area (Å²) in [5, 5.41) is 5.93. The Hall–Kier alpha value is -2.26. The number of hydrogen-bond donors (Lipinski definition) is 0. The lowest BCUT2D eigenvalue weighted by Gasteiger charge is -2.20. The van der Waals surface area contributed by atoms with Crippen LogP contribution in [0.5, 0.6) is 0 Å². The fraction of sp³-hybridized carbons (Fsp3) is 0.294. The quantitative estimate of drug-likeness (QED) is 0.102. The first-order chi connectivity index (χ1) is 17.8. The molecule has 0 saturated heterocycles. The first kappa shape index (κ1) is 28.3. The van der Waals surface area contributed by atoms with E-state index in [2.05, 4.69) is 123 Å². The monoisotopic (exact) mass is 512 g/mol. The highest BCUT2D eigenvalue weighted by Crippen LogP contribution is 2.45. The molecule has 188 valence electrons. The third kappa shape index (κ3) is 9.65. The van der Waals surface area contributed by atoms with E-state index in [9.17, 15) is 0 Å². The summed E-state index contributed by atoms with van der Waals surface area (Å²) in [4.78, 5) is 0. The summed E-state index contributed by atoms with van der Waals surface area (Å²) in [5.74, 6) is 0. The molecule has 3 aromatic rings. The van der Waals surface area contributed by atoms with Crippen LogP contribution in [0.1, 0.15) is 51.9 Å². The van der Waals surface area contributed by atoms with E-state index in [1.54, 1.807) is 0 Å². The van der Waals surface area contributed by atoms with Crippen LogP contribution in [0.2, 0.25) is 0 Å². The van der Waals surface area contributed by atoms with Gasteiger partial charge in [-0.1, -0.05) is 154 Å². The van der Waals surface area contributed by atoms with Gasteiger partial charge in [-0.3, -0.25) is 0 Å². The molecule has 0 aromatic heterocycles. The highest BCUT2D eigenvalue weighted by Gasteiger charge is 2.14. The molecule has 1 atom stereocenters. The molecule has 0 radical (unpaired) electrons. The number of rotatable bonds is 16. The summed E-state index contributed by atoms with van der Waals surface area (Å²) in [5.41, 5.74) is 0. The van der Waals surface area contributed by atoms with Gasteiger partial charge in [-0.05, 0) is 69.2 Å². The van der Waals surface area contributed by atoms with Gasteiger partial charge in [0.2, 0.25) is 0 Å². The standard InChI is InChI=1S/C34H42P2/c1-3-21-31(22-4-2)35(32-23-13-10-14-24-32)29-19-8-6-5-7-9-20-30-36(33-25-15-11-16-26-33)34-27-17-12-18-28-34/h3-4,10-18,21-28H,1,5-9,19-20,29-30H2,2H3/b22-4-,31-21+. The van der Waals surface area contributed by atoms with E-state index >= 15 is 0 Å². The molecule has 0 aliphatic rings. The second kappa shape index (κ2) is 17.2. The van der Waals surface area contributed by atoms with Gasteiger partial charge in [-0.15, -0.1) is 0 Å². The Balaban J connectivity index is 1.40. The topological polar surface area (TPSA) is 0 Å². The molecule has 0 spiro atoms. The van der Waals surface area contributed by atoms with E-state index < -0.39 is 0 Å². The van der Waals surface area contributed by atoms with Crippen LogP contribution >= 0.6 is 15.8 Å². The molecular weight excluding hydrogens is 470 g/mol. The Morgan fingerprint density at radius 2 is 1.06 bits per heavy atom. The molecule has 0 aliphatic heterocycles. The minimum atomic E-state index is -0.308. The smallest absolute Gasteiger partial charge is 0.0195 e. The van der Waals surface area contributed by atoms with Crippen molar-refractivity contribution in [2.24, 2.45) is 0 Å². The highest BCUT2D eigenvalue weighted by molar-refractivity contribution is 7.73. The summed E-state index contributed by atoms with van der Waals surface area (Å²) in [6.07, 6.45) is 20.6. The molecule has 3 aromatic carbocycles. The van der Waals surface area contributed by atoms with Crippen LogP contribution in [0.15, 0.2) is 127 Å². The lowest BCUT2D eigenvalue weighted by molar-refractivity contribution is 0.604. The lowest BCUT2D eigenvalue weighted by atomic mass is 10.1. The van der Waals surface area contributed by atoms with Gasteiger partial charge in [0.15, 0.2) is 0 Å². The lowest BCUT2D eigenvalue weighted by Crippen LogP contribution is -2.13. The highest BCUT2D eigenvalue weighted by atomic mass is 31.1. The fourth-order valence-electron chi connectivity index (χ4n) is 4.59. The van der Waals surface area contributed by atoms with Crippen LogP contribution in [0.25, 0.3) is 0 Å². The molecule has 0 N–H and O–H groups in total. The molecule has 0 heterocycles. The van der Waals surface area contributed by atoms with Gasteiger partial charge < -0.3 is 0 Å². The number of allylic oxidation sites excluding steroid dienone is 5. The number of hydrogen-bond acceptors (Lipinski definition) is 0. The Morgan fingerprint density at radius 1 is 0.611 bits per heavy atom. The van der Waals surface area contributed by atoms with Crippen molar-refractivity contribution >= 4 is 31.8 Å². The maximum atomic E-state index is 3.95. The van der Waals surface area contributed by atoms with Gasteiger partial charge in [0, 0.05) is 0 Å². The molecule has 0 amide bonds. The molecule has 1 unspecified atom stereocenters. The van der Waals surface area contributed by atoms with Gasteiger partial charge in [0.1, 0.15) is 0 Å². The predicted molar refractivity (Wildman–Crippen MR) is 167 cm³/mol. The van der Waals surface area contributed by atoms with Crippen molar-refractivity contribution in [2.45, 2.75) is 51.9 Å². The average molecular weight is 513 g/mol. The fourth-order valence-corrected chi connectivity index (χ4v) is 9.51. The zero-order valence-electron chi connectivity index (χ0n) is 21.9. The van der Waals surface area contributed by atoms with E-state index in [-0.39, 0.29) is 15.8 Å². The van der Waals surface area contributed by atoms with E-state index in [0.717, 1.165) is 0 Å². The third-order valence-electron chi connectivity index (χ3n) is 6.40. The van der Waals surface area contributed by atoms with Crippen molar-refractivity contribution in [3.05, 3.63) is 127 Å². The first-order valence-electron chi connectivity index (χ1n) is 13.5. The molecule has 0 aliphatic carbocycles. The van der Waals surface area contributed by atoms with Crippen molar-refractivity contribution in [3.8, 4) is 0 Å². The van der Waals surface area contributed by atoms with Gasteiger partial charge in [0.25, 0.3) is 0 Å². The maximum absolute atomic E-state index is 3.95. The van der Waals surface area contributed by atoms with Gasteiger partial charge in [-0.2, -0.15) is 0 Å². The molecule has 36 heavy (non-hydrogen) atoms. The molecule has 0 fully saturated rings. The average Bonchev–Trinajstić information content (AvgIpc) is 2.93. The first-order valence-corrected chi connectivity index (χ1v) is 16.5. The van der Waals surface area contributed by atoms with E-state index in [4.69, 9.17) is 0 Å². The van der Waals surface area contributed by atoms with Crippen LogP contribution in [-0.2, 0) is 0 Å². The van der Waals surface area contributed by atoms with Crippen LogP contribution in [0.4, 0.5) is 0 Å². The second-order valence-corrected chi connectivity index (χ2v) is 13.8. The van der Waals surface area contributed by atoms with Crippen LogP contribution in [0.3, 0.4) is 0 Å². The van der Waals surface area contributed by atoms with Gasteiger partial charge >= 0.3 is 0 Å². The van der Waals surface area contributed by atoms with Crippen LogP contribution in [-0.4, -0.2) is 12.3 Å². The largest absolute Gasteiger partial charge is 0.0990 e. The van der Waals surface area contributed by atoms with Crippen molar-refractivity contribution in [1.82, 2.24) is 0 Å². The summed E-state index contributed by atoms with van der Waals surface area (Å²) in [6, 6.07) is 33.3. The Kier molecular flexibility index (Phi) is 13.6. The molecule has 0 nitrogen and oxygen atoms in total. The number of unbranched alkanes of at least 4 members (excludes halogenated alkanes) is 6. The van der Waals surface area contributed by atoms with Crippen LogP contribution in [0, 0.1) is 0 Å². The molecule has 2 heteroatoms. The van der Waals surface area contributed by atoms with E-state index in [1.807, 2.05) is 6.08 Å². The van der Waals surface area contributed by atoms with E-state index in [1.165, 1.54) is 78.5 Å². The van der Waals surface area contributed by atoms with Crippen molar-refractivity contribution < 1.29 is 0 Å². The number of benzene rings is 3. The normalized spacial score (nSPS) is 12.8. The Bertz CT molecular complexity index is 999. The summed E-state index contributed by atoms with van der Waals surface area (Å²) in [7, 11) is -0.547. The molecule has 3 rings (SSSR count). The SMILES string of the molecule is C=C/C=C(\C=C/C)P(CCCCCCCCCP(c1ccccc1)c1ccccc1)c1ccccc1. The Labute approximate surface area is 222 Å². The molecule has 0 saturated carbocycles. The molecule has 0 bridgehead atoms. The van der Waals surface area contributed by atoms with Gasteiger partial charge in [0.05, 0.1) is 0 Å². The van der Waals surface area contributed by atoms with Crippen molar-refractivity contribution in [1.29, 1.82) is 0 Å².